The van der Waals surface area contributed by atoms with E-state index in [-0.39, 0.29) is 18.2 Å². The molecule has 0 aliphatic rings. The molecule has 0 unspecified atom stereocenters. The first-order valence-corrected chi connectivity index (χ1v) is 10.5. The van der Waals surface area contributed by atoms with Crippen molar-refractivity contribution in [1.29, 1.82) is 0 Å². The summed E-state index contributed by atoms with van der Waals surface area (Å²) in [7, 11) is 0. The van der Waals surface area contributed by atoms with Crippen molar-refractivity contribution >= 4 is 23.3 Å². The third-order valence-corrected chi connectivity index (χ3v) is 5.14. The lowest BCUT2D eigenvalue weighted by atomic mass is 10.2. The fraction of sp³-hybridized carbons (Fsp3) is 0.304. The number of hydrogen-bond donors (Lipinski definition) is 1. The highest BCUT2D eigenvalue weighted by Crippen LogP contribution is 2.30. The number of amides is 2. The summed E-state index contributed by atoms with van der Waals surface area (Å²) in [5, 5.41) is 3.32. The Hall–Kier alpha value is -3.00. The minimum Gasteiger partial charge on any atom is -0.329 e. The van der Waals surface area contributed by atoms with E-state index in [2.05, 4.69) is 10.3 Å². The molecule has 2 aromatic carbocycles. The number of nitrogens with one attached hydrogen (secondary N) is 1. The zero-order valence-corrected chi connectivity index (χ0v) is 18.5. The van der Waals surface area contributed by atoms with Gasteiger partial charge in [0.1, 0.15) is 5.82 Å². The van der Waals surface area contributed by atoms with Gasteiger partial charge in [0.25, 0.3) is 0 Å². The van der Waals surface area contributed by atoms with Crippen LogP contribution in [-0.2, 0) is 19.3 Å². The SMILES string of the molecule is CC(C)CN(Cc1nccn1Cc1ccccc1Cl)C(=O)Nc1ccc(C(F)(F)F)cc1. The summed E-state index contributed by atoms with van der Waals surface area (Å²) >= 11 is 6.27. The summed E-state index contributed by atoms with van der Waals surface area (Å²) < 4.78 is 40.2. The number of anilines is 1. The lowest BCUT2D eigenvalue weighted by Gasteiger charge is -2.25. The Kier molecular flexibility index (Phi) is 7.45. The van der Waals surface area contributed by atoms with Gasteiger partial charge in [-0.1, -0.05) is 43.6 Å². The number of benzene rings is 2. The predicted octanol–water partition coefficient (Wildman–Crippen LogP) is 6.29. The number of alkyl halides is 3. The van der Waals surface area contributed by atoms with E-state index < -0.39 is 17.8 Å². The molecule has 3 aromatic rings. The molecule has 32 heavy (non-hydrogen) atoms. The first-order chi connectivity index (χ1) is 15.1. The van der Waals surface area contributed by atoms with Gasteiger partial charge >= 0.3 is 12.2 Å². The van der Waals surface area contributed by atoms with E-state index in [0.717, 1.165) is 17.7 Å². The molecule has 9 heteroatoms. The highest BCUT2D eigenvalue weighted by atomic mass is 35.5. The van der Waals surface area contributed by atoms with Gasteiger partial charge in [0.15, 0.2) is 0 Å². The van der Waals surface area contributed by atoms with Crippen LogP contribution in [0.2, 0.25) is 5.02 Å². The number of hydrogen-bond acceptors (Lipinski definition) is 2. The maximum atomic E-state index is 12.9. The summed E-state index contributed by atoms with van der Waals surface area (Å²) in [5.41, 5.74) is 0.449. The van der Waals surface area contributed by atoms with Crippen molar-refractivity contribution in [2.45, 2.75) is 33.1 Å². The van der Waals surface area contributed by atoms with Gasteiger partial charge in [0.2, 0.25) is 0 Å². The van der Waals surface area contributed by atoms with Crippen LogP contribution in [0.4, 0.5) is 23.7 Å². The van der Waals surface area contributed by atoms with Crippen molar-refractivity contribution in [2.75, 3.05) is 11.9 Å². The molecule has 0 fully saturated rings. The fourth-order valence-corrected chi connectivity index (χ4v) is 3.42. The van der Waals surface area contributed by atoms with Gasteiger partial charge in [-0.25, -0.2) is 9.78 Å². The minimum atomic E-state index is -4.43. The average Bonchev–Trinajstić information content (AvgIpc) is 3.15. The van der Waals surface area contributed by atoms with E-state index in [1.165, 1.54) is 12.1 Å². The lowest BCUT2D eigenvalue weighted by Crippen LogP contribution is -2.38. The van der Waals surface area contributed by atoms with Crippen molar-refractivity contribution in [3.05, 3.63) is 82.9 Å². The second kappa shape index (κ2) is 10.1. The van der Waals surface area contributed by atoms with E-state index in [0.29, 0.717) is 23.9 Å². The molecule has 1 aromatic heterocycles. The Balaban J connectivity index is 1.74. The van der Waals surface area contributed by atoms with Gasteiger partial charge in [-0.3, -0.25) is 0 Å². The van der Waals surface area contributed by atoms with Crippen LogP contribution in [-0.4, -0.2) is 27.0 Å². The number of urea groups is 1. The quantitative estimate of drug-likeness (QED) is 0.446. The third-order valence-electron chi connectivity index (χ3n) is 4.77. The summed E-state index contributed by atoms with van der Waals surface area (Å²) in [6, 6.07) is 11.5. The molecule has 0 spiro atoms. The molecule has 170 valence electrons. The third kappa shape index (κ3) is 6.26. The van der Waals surface area contributed by atoms with Crippen molar-refractivity contribution in [1.82, 2.24) is 14.5 Å². The molecule has 0 radical (unpaired) electrons. The lowest BCUT2D eigenvalue weighted by molar-refractivity contribution is -0.137. The Morgan fingerprint density at radius 3 is 2.47 bits per heavy atom. The number of rotatable bonds is 7. The first-order valence-electron chi connectivity index (χ1n) is 10.1. The molecular formula is C23H24ClF3N4O. The molecule has 5 nitrogen and oxygen atoms in total. The number of nitrogens with zero attached hydrogens (tertiary/aromatic N) is 3. The highest BCUT2D eigenvalue weighted by Gasteiger charge is 2.30. The fourth-order valence-electron chi connectivity index (χ4n) is 3.22. The second-order valence-electron chi connectivity index (χ2n) is 7.84. The molecule has 1 N–H and O–H groups in total. The molecule has 2 amide bonds. The van der Waals surface area contributed by atoms with E-state index in [1.54, 1.807) is 11.1 Å². The van der Waals surface area contributed by atoms with Gasteiger partial charge in [-0.2, -0.15) is 13.2 Å². The van der Waals surface area contributed by atoms with Crippen LogP contribution < -0.4 is 5.32 Å². The first kappa shape index (κ1) is 23.7. The Labute approximate surface area is 189 Å². The predicted molar refractivity (Wildman–Crippen MR) is 118 cm³/mol. The smallest absolute Gasteiger partial charge is 0.329 e. The monoisotopic (exact) mass is 464 g/mol. The maximum Gasteiger partial charge on any atom is 0.416 e. The van der Waals surface area contributed by atoms with Crippen LogP contribution >= 0.6 is 11.6 Å². The van der Waals surface area contributed by atoms with Gasteiger partial charge in [-0.15, -0.1) is 0 Å². The van der Waals surface area contributed by atoms with Crippen LogP contribution in [0, 0.1) is 5.92 Å². The molecule has 0 aliphatic carbocycles. The van der Waals surface area contributed by atoms with E-state index in [4.69, 9.17) is 11.6 Å². The number of imidazole rings is 1. The van der Waals surface area contributed by atoms with Gasteiger partial charge in [0, 0.05) is 29.6 Å². The van der Waals surface area contributed by atoms with Gasteiger partial charge in [0.05, 0.1) is 18.7 Å². The topological polar surface area (TPSA) is 50.2 Å². The van der Waals surface area contributed by atoms with Crippen LogP contribution in [0.15, 0.2) is 60.9 Å². The Morgan fingerprint density at radius 2 is 1.84 bits per heavy atom. The number of aromatic nitrogens is 2. The van der Waals surface area contributed by atoms with E-state index in [9.17, 15) is 18.0 Å². The minimum absolute atomic E-state index is 0.181. The Bertz CT molecular complexity index is 1050. The molecule has 0 saturated carbocycles. The second-order valence-corrected chi connectivity index (χ2v) is 8.25. The number of carbonyl (C=O) groups excluding carboxylic acids is 1. The summed E-state index contributed by atoms with van der Waals surface area (Å²) in [6.45, 7) is 5.15. The summed E-state index contributed by atoms with van der Waals surface area (Å²) in [6.07, 6.45) is -0.946. The van der Waals surface area contributed by atoms with Crippen molar-refractivity contribution in [2.24, 2.45) is 5.92 Å². The van der Waals surface area contributed by atoms with Crippen LogP contribution in [0.5, 0.6) is 0 Å². The molecule has 0 aliphatic heterocycles. The van der Waals surface area contributed by atoms with Gasteiger partial charge < -0.3 is 14.8 Å². The highest BCUT2D eigenvalue weighted by molar-refractivity contribution is 6.31. The van der Waals surface area contributed by atoms with Crippen molar-refractivity contribution in [3.8, 4) is 0 Å². The maximum absolute atomic E-state index is 12.9. The van der Waals surface area contributed by atoms with Crippen LogP contribution in [0.1, 0.15) is 30.8 Å². The number of carbonyl (C=O) groups is 1. The summed E-state index contributed by atoms with van der Waals surface area (Å²) in [5.74, 6) is 0.855. The largest absolute Gasteiger partial charge is 0.416 e. The zero-order valence-electron chi connectivity index (χ0n) is 17.7. The van der Waals surface area contributed by atoms with Crippen LogP contribution in [0.3, 0.4) is 0 Å². The molecule has 0 bridgehead atoms. The standard InChI is InChI=1S/C23H24ClF3N4O/c1-16(2)13-31(22(32)29-19-9-7-18(8-10-19)23(25,26)27)15-21-28-11-12-30(21)14-17-5-3-4-6-20(17)24/h3-12,16H,13-15H2,1-2H3,(H,29,32). The molecule has 3 rings (SSSR count). The van der Waals surface area contributed by atoms with Crippen LogP contribution in [0.25, 0.3) is 0 Å². The van der Waals surface area contributed by atoms with Crippen molar-refractivity contribution < 1.29 is 18.0 Å². The normalized spacial score (nSPS) is 11.6. The Morgan fingerprint density at radius 1 is 1.16 bits per heavy atom. The number of halogens is 4. The molecular weight excluding hydrogens is 441 g/mol. The van der Waals surface area contributed by atoms with E-state index in [1.807, 2.05) is 48.9 Å². The van der Waals surface area contributed by atoms with Gasteiger partial charge in [-0.05, 0) is 41.8 Å². The average molecular weight is 465 g/mol. The summed E-state index contributed by atoms with van der Waals surface area (Å²) in [4.78, 5) is 18.9. The van der Waals surface area contributed by atoms with Crippen molar-refractivity contribution in [3.63, 3.8) is 0 Å². The molecule has 0 saturated heterocycles. The zero-order chi connectivity index (χ0) is 23.3. The molecule has 0 atom stereocenters. The molecule has 1 heterocycles. The van der Waals surface area contributed by atoms with E-state index >= 15 is 0 Å².